The quantitative estimate of drug-likeness (QED) is 0.0356. The zero-order valence-corrected chi connectivity index (χ0v) is 63.4. The molecular formula is C84H95Cl2F6N13O5. The zero-order chi connectivity index (χ0) is 77.7. The molecule has 582 valence electrons. The largest absolute Gasteiger partial charge is 0.419 e. The monoisotopic (exact) mass is 1550 g/mol. The van der Waals surface area contributed by atoms with Crippen LogP contribution in [-0.4, -0.2) is 192 Å². The van der Waals surface area contributed by atoms with E-state index in [1.807, 2.05) is 58.3 Å². The van der Waals surface area contributed by atoms with E-state index in [9.17, 15) is 66.7 Å². The standard InChI is InChI=1S/C29H35ClFN5O.C28H30F4N4O2.C27H30ClFN4O2/c1-34-13-15-35(16-14-34)11-2-3-12-36(28(37)33-23-7-8-26(31)25(30)18-23)27-9-10-29(19-24(27)29)22-6-4-5-21(17-22)20-32;29-25-5-4-21(14-24(25)28(30,31)32)34-26(38)36(11-10-35-9-7-23(37)17-35)22-6-8-27(15-20(27)13-22)19-3-1-2-18(12-19)16-33;28-24-14-21(4-5-25(24)29)31-26(35)33(11-10-32-9-7-23(34)17-32)22-6-8-27(15-20(27)13-22)19-3-1-2-18(12-19)16-30/h4-8,17-18,24,27H,2-3,9-16,19H2,1H3,(H,33,37);1-5,12,14,20,22-23,37H,6-11,13,15,17H2,(H,34,38);1-5,12,14,20,22-23,34H,6-11,13,15,17H2,(H,31,35)/t24-,27-,29-;2*20?,22-,23-,27+/m111/s1. The van der Waals surface area contributed by atoms with Gasteiger partial charge in [-0.3, -0.25) is 9.80 Å². The number of hydrogen-bond acceptors (Lipinski definition) is 12. The number of aliphatic hydroxyl groups excluding tert-OH is 2. The van der Waals surface area contributed by atoms with Crippen LogP contribution in [0.15, 0.2) is 127 Å². The molecule has 2 unspecified atom stereocenters. The first-order valence-corrected chi connectivity index (χ1v) is 39.4. The van der Waals surface area contributed by atoms with Gasteiger partial charge >= 0.3 is 24.3 Å². The number of benzene rings is 6. The SMILES string of the molecule is CN1CCN(CCCCN(C(=O)Nc2ccc(F)c(Cl)c2)[C@@H]2CC[C@]3(c4cccc(C#N)c4)C[C@H]23)CC1.N#Cc1cccc([C@@]23CC[C@@H](N(CCN4CC[C@@H](O)C4)C(=O)Nc4ccc(F)c(C(F)(F)F)c4)CC2C3)c1.N#Cc1cccc([C@@]23CC[C@@H](N(CCN4CC[C@@H](O)C4)C(=O)Nc4ccc(F)c(Cl)c4)CC2C3)c1. The van der Waals surface area contributed by atoms with Crippen LogP contribution in [0, 0.1) is 69.2 Å². The summed E-state index contributed by atoms with van der Waals surface area (Å²) in [6, 6.07) is 40.5. The second-order valence-electron chi connectivity index (χ2n) is 31.8. The summed E-state index contributed by atoms with van der Waals surface area (Å²) in [5.74, 6) is -1.19. The Morgan fingerprint density at radius 3 is 1.36 bits per heavy atom. The number of likely N-dealkylation sites (N-methyl/N-ethyl adjacent to an activating group) is 1. The van der Waals surface area contributed by atoms with Crippen molar-refractivity contribution in [3.63, 3.8) is 0 Å². The molecule has 26 heteroatoms. The fraction of sp³-hybridized carbons (Fsp3) is 0.500. The fourth-order valence-electron chi connectivity index (χ4n) is 18.7. The zero-order valence-electron chi connectivity index (χ0n) is 61.9. The summed E-state index contributed by atoms with van der Waals surface area (Å²) >= 11 is 11.9. The normalized spacial score (nSPS) is 26.6. The van der Waals surface area contributed by atoms with Gasteiger partial charge in [-0.25, -0.2) is 27.6 Å². The molecule has 15 rings (SSSR count). The van der Waals surface area contributed by atoms with Crippen molar-refractivity contribution < 1.29 is 50.9 Å². The van der Waals surface area contributed by atoms with Gasteiger partial charge in [0.1, 0.15) is 17.5 Å². The van der Waals surface area contributed by atoms with Gasteiger partial charge in [-0.15, -0.1) is 0 Å². The molecule has 3 saturated heterocycles. The maximum atomic E-state index is 13.8. The van der Waals surface area contributed by atoms with Crippen LogP contribution in [0.25, 0.3) is 0 Å². The minimum absolute atomic E-state index is 0.00311. The van der Waals surface area contributed by atoms with Gasteiger partial charge in [0.05, 0.1) is 62.7 Å². The summed E-state index contributed by atoms with van der Waals surface area (Å²) in [4.78, 5) is 55.1. The number of β-amino-alcohol motifs (C(OH)–C–C–N with tert-alkyl or cyclic N) is 2. The molecule has 6 amide bonds. The third-order valence-corrected chi connectivity index (χ3v) is 25.6. The summed E-state index contributed by atoms with van der Waals surface area (Å²) < 4.78 is 80.6. The van der Waals surface area contributed by atoms with Crippen LogP contribution in [-0.2, 0) is 22.4 Å². The van der Waals surface area contributed by atoms with Crippen molar-refractivity contribution in [2.45, 2.75) is 149 Å². The van der Waals surface area contributed by atoms with Gasteiger partial charge in [-0.2, -0.15) is 29.0 Å². The predicted molar refractivity (Wildman–Crippen MR) is 410 cm³/mol. The lowest BCUT2D eigenvalue weighted by Crippen LogP contribution is -2.48. The van der Waals surface area contributed by atoms with E-state index in [1.54, 1.807) is 17.0 Å². The molecule has 6 saturated carbocycles. The average molecular weight is 1550 g/mol. The van der Waals surface area contributed by atoms with E-state index < -0.39 is 41.3 Å². The Kier molecular flexibility index (Phi) is 24.8. The van der Waals surface area contributed by atoms with Crippen LogP contribution in [0.2, 0.25) is 10.0 Å². The summed E-state index contributed by atoms with van der Waals surface area (Å²) in [5, 5.41) is 56.1. The van der Waals surface area contributed by atoms with Crippen LogP contribution in [0.4, 0.5) is 57.8 Å². The number of amides is 6. The Balaban J connectivity index is 0.000000145. The third-order valence-electron chi connectivity index (χ3n) is 25.1. The highest BCUT2D eigenvalue weighted by Gasteiger charge is 2.64. The number of anilines is 3. The molecule has 0 spiro atoms. The van der Waals surface area contributed by atoms with Crippen LogP contribution in [0.3, 0.4) is 0 Å². The number of carbonyl (C=O) groups excluding carboxylic acids is 3. The van der Waals surface area contributed by atoms with E-state index in [-0.39, 0.29) is 68.3 Å². The fourth-order valence-corrected chi connectivity index (χ4v) is 19.0. The van der Waals surface area contributed by atoms with Crippen molar-refractivity contribution in [2.75, 3.05) is 115 Å². The number of nitrogens with zero attached hydrogens (tertiary/aromatic N) is 10. The van der Waals surface area contributed by atoms with E-state index in [0.717, 1.165) is 147 Å². The molecule has 0 radical (unpaired) electrons. The number of fused-ring (bicyclic) bond motifs is 3. The lowest BCUT2D eigenvalue weighted by molar-refractivity contribution is -0.139. The first kappa shape index (κ1) is 79.6. The summed E-state index contributed by atoms with van der Waals surface area (Å²) in [7, 11) is 2.16. The van der Waals surface area contributed by atoms with Crippen molar-refractivity contribution in [2.24, 2.45) is 17.8 Å². The lowest BCUT2D eigenvalue weighted by atomic mass is 9.80. The minimum Gasteiger partial charge on any atom is -0.392 e. The minimum atomic E-state index is -4.87. The number of unbranched alkanes of at least 4 members (excludes halogenated alkanes) is 1. The van der Waals surface area contributed by atoms with E-state index in [4.69, 9.17) is 23.2 Å². The Bertz CT molecular complexity index is 4460. The van der Waals surface area contributed by atoms with Gasteiger partial charge in [0.15, 0.2) is 0 Å². The molecular weight excluding hydrogens is 1460 g/mol. The molecule has 6 aliphatic carbocycles. The molecule has 3 heterocycles. The van der Waals surface area contributed by atoms with Crippen molar-refractivity contribution in [3.8, 4) is 18.2 Å². The lowest BCUT2D eigenvalue weighted by Gasteiger charge is -2.37. The Hall–Kier alpha value is -8.48. The first-order valence-electron chi connectivity index (χ1n) is 38.6. The molecule has 6 aromatic carbocycles. The van der Waals surface area contributed by atoms with E-state index in [1.165, 1.54) is 41.5 Å². The molecule has 3 aliphatic heterocycles. The molecule has 18 nitrogen and oxygen atoms in total. The average Bonchev–Trinajstić information content (AvgIpc) is 1.57. The molecule has 6 aromatic rings. The van der Waals surface area contributed by atoms with Gasteiger partial charge in [0.2, 0.25) is 0 Å². The second-order valence-corrected chi connectivity index (χ2v) is 32.6. The summed E-state index contributed by atoms with van der Waals surface area (Å²) in [6.07, 6.45) is 7.98. The number of nitrogens with one attached hydrogen (secondary N) is 3. The smallest absolute Gasteiger partial charge is 0.392 e. The highest BCUT2D eigenvalue weighted by atomic mass is 35.5. The molecule has 0 aromatic heterocycles. The van der Waals surface area contributed by atoms with E-state index >= 15 is 0 Å². The van der Waals surface area contributed by atoms with Crippen molar-refractivity contribution in [1.82, 2.24) is 34.3 Å². The van der Waals surface area contributed by atoms with Gasteiger partial charge in [-0.1, -0.05) is 59.6 Å². The predicted octanol–water partition coefficient (Wildman–Crippen LogP) is 15.2. The molecule has 9 fully saturated rings. The Labute approximate surface area is 649 Å². The number of alkyl halides is 3. The molecule has 0 bridgehead atoms. The number of hydrogen-bond donors (Lipinski definition) is 5. The van der Waals surface area contributed by atoms with Gasteiger partial charge in [-0.05, 0) is 246 Å². The number of halogens is 8. The second kappa shape index (κ2) is 34.2. The highest BCUT2D eigenvalue weighted by molar-refractivity contribution is 6.31. The summed E-state index contributed by atoms with van der Waals surface area (Å²) in [5.41, 5.74) is 5.22. The van der Waals surface area contributed by atoms with Crippen molar-refractivity contribution in [3.05, 3.63) is 194 Å². The van der Waals surface area contributed by atoms with Crippen LogP contribution >= 0.6 is 23.2 Å². The number of urea groups is 3. The molecule has 110 heavy (non-hydrogen) atoms. The number of piperazine rings is 1. The Morgan fingerprint density at radius 2 is 0.945 bits per heavy atom. The third kappa shape index (κ3) is 18.5. The van der Waals surface area contributed by atoms with Crippen LogP contribution in [0.5, 0.6) is 0 Å². The molecule has 9 aliphatic rings. The first-order chi connectivity index (χ1) is 52.9. The molecule has 5 N–H and O–H groups in total. The van der Waals surface area contributed by atoms with Crippen LogP contribution < -0.4 is 16.0 Å². The molecule has 11 atom stereocenters. The number of nitriles is 3. The Morgan fingerprint density at radius 1 is 0.509 bits per heavy atom. The van der Waals surface area contributed by atoms with Crippen molar-refractivity contribution >= 4 is 58.4 Å². The topological polar surface area (TPSA) is 222 Å². The number of rotatable bonds is 20. The number of likely N-dealkylation sites (tertiary alicyclic amines) is 2. The highest BCUT2D eigenvalue weighted by Crippen LogP contribution is 2.66. The number of carbonyl (C=O) groups is 3. The maximum Gasteiger partial charge on any atom is 0.419 e. The van der Waals surface area contributed by atoms with Crippen molar-refractivity contribution in [1.29, 1.82) is 15.8 Å². The van der Waals surface area contributed by atoms with Crippen LogP contribution in [0.1, 0.15) is 135 Å². The van der Waals surface area contributed by atoms with E-state index in [0.29, 0.717) is 110 Å². The maximum absolute atomic E-state index is 13.8. The van der Waals surface area contributed by atoms with E-state index in [2.05, 4.69) is 79.0 Å². The summed E-state index contributed by atoms with van der Waals surface area (Å²) in [6.45, 7) is 11.0. The van der Waals surface area contributed by atoms with Gasteiger partial charge in [0.25, 0.3) is 0 Å². The number of aliphatic hydroxyl groups is 2. The van der Waals surface area contributed by atoms with Gasteiger partial charge in [0, 0.05) is 126 Å². The van der Waals surface area contributed by atoms with Gasteiger partial charge < -0.3 is 50.7 Å².